The molecule has 1 aromatic carbocycles. The highest BCUT2D eigenvalue weighted by molar-refractivity contribution is 5.79. The number of benzene rings is 1. The quantitative estimate of drug-likeness (QED) is 0.800. The van der Waals surface area contributed by atoms with Gasteiger partial charge >= 0.3 is 6.61 Å². The lowest BCUT2D eigenvalue weighted by atomic mass is 9.65. The third-order valence-electron chi connectivity index (χ3n) is 6.02. The third-order valence-corrected chi connectivity index (χ3v) is 6.02. The van der Waals surface area contributed by atoms with Gasteiger partial charge in [-0.1, -0.05) is 31.5 Å². The van der Waals surface area contributed by atoms with Crippen molar-refractivity contribution in [3.8, 4) is 5.75 Å². The van der Waals surface area contributed by atoms with Gasteiger partial charge in [0.25, 0.3) is 0 Å². The number of nitrogens with one attached hydrogen (secondary N) is 1. The third kappa shape index (κ3) is 4.17. The summed E-state index contributed by atoms with van der Waals surface area (Å²) < 4.78 is 30.0. The standard InChI is InChI=1S/C20H28F2N2O2/c1-2-16(15-8-3-4-9-17(15)26-20(21)22)24-19(25)14-10-12-6-5-7-13(11-14)18(12)23/h3-4,8-9,12-14,16,18,20H,2,5-7,10-11,23H2,1H3,(H,24,25). The topological polar surface area (TPSA) is 64.4 Å². The predicted octanol–water partition coefficient (Wildman–Crippen LogP) is 4.01. The van der Waals surface area contributed by atoms with Crippen molar-refractivity contribution >= 4 is 5.91 Å². The number of rotatable bonds is 6. The van der Waals surface area contributed by atoms with E-state index in [1.807, 2.05) is 6.92 Å². The summed E-state index contributed by atoms with van der Waals surface area (Å²) in [6, 6.07) is 6.55. The number of para-hydroxylation sites is 1. The van der Waals surface area contributed by atoms with Crippen LogP contribution in [0.1, 0.15) is 57.1 Å². The highest BCUT2D eigenvalue weighted by Gasteiger charge is 2.40. The number of carbonyl (C=O) groups excluding carboxylic acids is 1. The van der Waals surface area contributed by atoms with Gasteiger partial charge in [-0.2, -0.15) is 8.78 Å². The van der Waals surface area contributed by atoms with Gasteiger partial charge in [0.2, 0.25) is 5.91 Å². The van der Waals surface area contributed by atoms with Crippen LogP contribution in [0.4, 0.5) is 8.78 Å². The van der Waals surface area contributed by atoms with Crippen LogP contribution in [-0.2, 0) is 4.79 Å². The first-order chi connectivity index (χ1) is 12.5. The number of fused-ring (bicyclic) bond motifs is 2. The molecule has 0 saturated heterocycles. The number of halogens is 2. The number of amides is 1. The molecule has 2 saturated carbocycles. The Kier molecular flexibility index (Phi) is 6.12. The van der Waals surface area contributed by atoms with E-state index in [1.165, 1.54) is 12.5 Å². The van der Waals surface area contributed by atoms with Gasteiger partial charge in [-0.25, -0.2) is 0 Å². The molecule has 6 heteroatoms. The molecule has 3 N–H and O–H groups in total. The normalized spacial score (nSPS) is 29.3. The molecule has 2 aliphatic rings. The Morgan fingerprint density at radius 3 is 2.54 bits per heavy atom. The molecule has 3 unspecified atom stereocenters. The van der Waals surface area contributed by atoms with Gasteiger partial charge in [-0.05, 0) is 50.0 Å². The van der Waals surface area contributed by atoms with Crippen LogP contribution >= 0.6 is 0 Å². The molecule has 2 fully saturated rings. The minimum Gasteiger partial charge on any atom is -0.434 e. The zero-order valence-corrected chi connectivity index (χ0v) is 15.2. The van der Waals surface area contributed by atoms with Gasteiger partial charge < -0.3 is 15.8 Å². The van der Waals surface area contributed by atoms with Crippen LogP contribution in [0.15, 0.2) is 24.3 Å². The van der Waals surface area contributed by atoms with Crippen LogP contribution in [0.25, 0.3) is 0 Å². The fourth-order valence-electron chi connectivity index (χ4n) is 4.66. The second kappa shape index (κ2) is 8.33. The first-order valence-electron chi connectivity index (χ1n) is 9.59. The summed E-state index contributed by atoms with van der Waals surface area (Å²) in [5, 5.41) is 3.07. The minimum absolute atomic E-state index is 0.00694. The second-order valence-corrected chi connectivity index (χ2v) is 7.58. The van der Waals surface area contributed by atoms with Crippen molar-refractivity contribution in [2.45, 2.75) is 64.1 Å². The van der Waals surface area contributed by atoms with Crippen molar-refractivity contribution in [2.24, 2.45) is 23.5 Å². The molecular weight excluding hydrogens is 338 g/mol. The maximum absolute atomic E-state index is 12.9. The molecule has 0 aliphatic heterocycles. The molecule has 4 nitrogen and oxygen atoms in total. The molecule has 144 valence electrons. The smallest absolute Gasteiger partial charge is 0.387 e. The number of alkyl halides is 2. The van der Waals surface area contributed by atoms with E-state index in [9.17, 15) is 13.6 Å². The van der Waals surface area contributed by atoms with Crippen LogP contribution in [0.3, 0.4) is 0 Å². The Morgan fingerprint density at radius 1 is 1.27 bits per heavy atom. The van der Waals surface area contributed by atoms with E-state index in [0.717, 1.165) is 25.7 Å². The van der Waals surface area contributed by atoms with Gasteiger partial charge in [0.05, 0.1) is 6.04 Å². The van der Waals surface area contributed by atoms with Crippen molar-refractivity contribution in [2.75, 3.05) is 0 Å². The summed E-state index contributed by atoms with van der Waals surface area (Å²) in [7, 11) is 0. The molecule has 3 rings (SSSR count). The van der Waals surface area contributed by atoms with Crippen molar-refractivity contribution < 1.29 is 18.3 Å². The monoisotopic (exact) mass is 366 g/mol. The van der Waals surface area contributed by atoms with E-state index in [2.05, 4.69) is 10.1 Å². The number of carbonyl (C=O) groups is 1. The van der Waals surface area contributed by atoms with Gasteiger partial charge in [0.1, 0.15) is 5.75 Å². The maximum atomic E-state index is 12.9. The largest absolute Gasteiger partial charge is 0.434 e. The Bertz CT molecular complexity index is 612. The van der Waals surface area contributed by atoms with E-state index in [0.29, 0.717) is 23.8 Å². The summed E-state index contributed by atoms with van der Waals surface area (Å²) in [5.41, 5.74) is 6.91. The maximum Gasteiger partial charge on any atom is 0.387 e. The molecule has 1 aromatic rings. The summed E-state index contributed by atoms with van der Waals surface area (Å²) in [6.45, 7) is -0.959. The lowest BCUT2D eigenvalue weighted by Crippen LogP contribution is -2.49. The minimum atomic E-state index is -2.89. The average molecular weight is 366 g/mol. The first-order valence-corrected chi connectivity index (χ1v) is 9.59. The number of ether oxygens (including phenoxy) is 1. The van der Waals surface area contributed by atoms with Crippen molar-refractivity contribution in [1.29, 1.82) is 0 Å². The van der Waals surface area contributed by atoms with Crippen LogP contribution < -0.4 is 15.8 Å². The number of hydrogen-bond donors (Lipinski definition) is 2. The molecule has 2 aliphatic carbocycles. The Labute approximate surface area is 153 Å². The van der Waals surface area contributed by atoms with Crippen LogP contribution in [0, 0.1) is 17.8 Å². The molecule has 0 spiro atoms. The average Bonchev–Trinajstić information content (AvgIpc) is 2.59. The van der Waals surface area contributed by atoms with Gasteiger partial charge in [-0.15, -0.1) is 0 Å². The molecule has 0 aromatic heterocycles. The molecule has 26 heavy (non-hydrogen) atoms. The zero-order valence-electron chi connectivity index (χ0n) is 15.2. The van der Waals surface area contributed by atoms with E-state index in [4.69, 9.17) is 5.73 Å². The van der Waals surface area contributed by atoms with Crippen molar-refractivity contribution in [3.63, 3.8) is 0 Å². The van der Waals surface area contributed by atoms with E-state index in [1.54, 1.807) is 18.2 Å². The van der Waals surface area contributed by atoms with E-state index in [-0.39, 0.29) is 29.7 Å². The molecule has 0 heterocycles. The fraction of sp³-hybridized carbons (Fsp3) is 0.650. The Hall–Kier alpha value is -1.69. The molecule has 3 atom stereocenters. The summed E-state index contributed by atoms with van der Waals surface area (Å²) in [5.74, 6) is 0.938. The Balaban J connectivity index is 1.70. The van der Waals surface area contributed by atoms with Crippen LogP contribution in [-0.4, -0.2) is 18.6 Å². The highest BCUT2D eigenvalue weighted by atomic mass is 19.3. The van der Waals surface area contributed by atoms with E-state index < -0.39 is 6.61 Å². The van der Waals surface area contributed by atoms with Gasteiger partial charge in [0, 0.05) is 17.5 Å². The number of hydrogen-bond acceptors (Lipinski definition) is 3. The van der Waals surface area contributed by atoms with Gasteiger partial charge in [0.15, 0.2) is 0 Å². The molecule has 0 radical (unpaired) electrons. The van der Waals surface area contributed by atoms with Crippen LogP contribution in [0.5, 0.6) is 5.75 Å². The fourth-order valence-corrected chi connectivity index (χ4v) is 4.66. The lowest BCUT2D eigenvalue weighted by Gasteiger charge is -2.43. The molecular formula is C20H28F2N2O2. The zero-order chi connectivity index (χ0) is 18.7. The van der Waals surface area contributed by atoms with Crippen molar-refractivity contribution in [3.05, 3.63) is 29.8 Å². The predicted molar refractivity (Wildman–Crippen MR) is 95.8 cm³/mol. The summed E-state index contributed by atoms with van der Waals surface area (Å²) in [6.07, 6.45) is 5.67. The lowest BCUT2D eigenvalue weighted by molar-refractivity contribution is -0.128. The SMILES string of the molecule is CCC(NC(=O)C1CC2CCCC(C1)C2N)c1ccccc1OC(F)F. The first kappa shape index (κ1) is 19.1. The molecule has 1 amide bonds. The van der Waals surface area contributed by atoms with Gasteiger partial charge in [-0.3, -0.25) is 4.79 Å². The second-order valence-electron chi connectivity index (χ2n) is 7.58. The van der Waals surface area contributed by atoms with E-state index >= 15 is 0 Å². The van der Waals surface area contributed by atoms with Crippen molar-refractivity contribution in [1.82, 2.24) is 5.32 Å². The van der Waals surface area contributed by atoms with Crippen LogP contribution in [0.2, 0.25) is 0 Å². The Morgan fingerprint density at radius 2 is 1.92 bits per heavy atom. The number of nitrogens with two attached hydrogens (primary N) is 1. The highest BCUT2D eigenvalue weighted by Crippen LogP contribution is 2.42. The molecule has 2 bridgehead atoms. The summed E-state index contributed by atoms with van der Waals surface area (Å²) >= 11 is 0. The summed E-state index contributed by atoms with van der Waals surface area (Å²) in [4.78, 5) is 12.9.